The molecule has 0 spiro atoms. The van der Waals surface area contributed by atoms with Crippen molar-refractivity contribution >= 4 is 26.2 Å². The number of halogens is 4. The molecule has 6 nitrogen and oxygen atoms in total. The molecule has 0 radical (unpaired) electrons. The van der Waals surface area contributed by atoms with E-state index < -0.39 is 26.3 Å². The van der Waals surface area contributed by atoms with Gasteiger partial charge in [0.15, 0.2) is 26.1 Å². The van der Waals surface area contributed by atoms with E-state index in [1.165, 1.54) is 0 Å². The third-order valence-corrected chi connectivity index (χ3v) is 11.0. The molecule has 1 atom stereocenters. The van der Waals surface area contributed by atoms with Crippen LogP contribution in [-0.4, -0.2) is 35.6 Å². The van der Waals surface area contributed by atoms with Crippen molar-refractivity contribution in [3.63, 3.8) is 0 Å². The molecule has 34 heavy (non-hydrogen) atoms. The first-order valence-corrected chi connectivity index (χ1v) is 14.0. The number of alkyl halides is 3. The van der Waals surface area contributed by atoms with Gasteiger partial charge in [0.2, 0.25) is 0 Å². The van der Waals surface area contributed by atoms with Gasteiger partial charge in [-0.25, -0.2) is 0 Å². The van der Waals surface area contributed by atoms with Gasteiger partial charge in [-0.2, -0.15) is 18.3 Å². The molecule has 1 aromatic carbocycles. The standard InChI is InChI=1S/C23H27ClF3N3O3Si/c1-14(33-34(5,6)22(2,3)4)12-30-21(23(25,26)27)16(11-28-30)20-17(13-31)19(29-32-20)15-9-7-8-10-18(15)24/h7-11,13-14H,12H2,1-6H3/t14-/m0/s1. The second kappa shape index (κ2) is 9.31. The lowest BCUT2D eigenvalue weighted by atomic mass is 10.0. The van der Waals surface area contributed by atoms with Gasteiger partial charge in [0, 0.05) is 5.56 Å². The molecule has 11 heteroatoms. The van der Waals surface area contributed by atoms with Crippen molar-refractivity contribution in [2.45, 2.75) is 64.7 Å². The van der Waals surface area contributed by atoms with Crippen molar-refractivity contribution in [1.82, 2.24) is 14.9 Å². The molecule has 184 valence electrons. The smallest absolute Gasteiger partial charge is 0.412 e. The Morgan fingerprint density at radius 3 is 2.41 bits per heavy atom. The second-order valence-electron chi connectivity index (χ2n) is 9.65. The maximum absolute atomic E-state index is 14.2. The van der Waals surface area contributed by atoms with Crippen LogP contribution in [0, 0.1) is 0 Å². The Morgan fingerprint density at radius 1 is 1.21 bits per heavy atom. The summed E-state index contributed by atoms with van der Waals surface area (Å²) in [7, 11) is -2.21. The minimum Gasteiger partial charge on any atom is -0.412 e. The number of benzene rings is 1. The number of aromatic nitrogens is 3. The average Bonchev–Trinajstić information content (AvgIpc) is 3.30. The summed E-state index contributed by atoms with van der Waals surface area (Å²) >= 11 is 6.19. The van der Waals surface area contributed by atoms with Gasteiger partial charge in [-0.15, -0.1) is 0 Å². The second-order valence-corrected chi connectivity index (χ2v) is 14.8. The zero-order valence-corrected chi connectivity index (χ0v) is 21.6. The molecule has 2 aromatic heterocycles. The number of hydrogen-bond donors (Lipinski definition) is 0. The lowest BCUT2D eigenvalue weighted by Crippen LogP contribution is -2.44. The molecule has 3 rings (SSSR count). The molecule has 0 fully saturated rings. The topological polar surface area (TPSA) is 70.2 Å². The highest BCUT2D eigenvalue weighted by Crippen LogP contribution is 2.42. The van der Waals surface area contributed by atoms with E-state index >= 15 is 0 Å². The number of rotatable bonds is 7. The fourth-order valence-corrected chi connectivity index (χ4v) is 5.06. The van der Waals surface area contributed by atoms with Crippen LogP contribution < -0.4 is 0 Å². The first-order chi connectivity index (χ1) is 15.7. The van der Waals surface area contributed by atoms with Gasteiger partial charge in [0.05, 0.1) is 35.0 Å². The molecule has 0 aliphatic rings. The molecule has 0 unspecified atom stereocenters. The highest BCUT2D eigenvalue weighted by molar-refractivity contribution is 6.74. The number of carbonyl (C=O) groups is 1. The zero-order valence-electron chi connectivity index (χ0n) is 19.8. The number of nitrogens with zero attached hydrogens (tertiary/aromatic N) is 3. The average molecular weight is 514 g/mol. The summed E-state index contributed by atoms with van der Waals surface area (Å²) in [5.41, 5.74) is -1.11. The molecule has 0 saturated carbocycles. The Hall–Kier alpha value is -2.43. The minimum atomic E-state index is -4.76. The molecular formula is C23H27ClF3N3O3Si. The van der Waals surface area contributed by atoms with Crippen LogP contribution >= 0.6 is 11.6 Å². The third kappa shape index (κ3) is 5.13. The molecule has 2 heterocycles. The molecular weight excluding hydrogens is 487 g/mol. The van der Waals surface area contributed by atoms with E-state index in [1.54, 1.807) is 31.2 Å². The Bertz CT molecular complexity index is 1180. The van der Waals surface area contributed by atoms with E-state index in [0.717, 1.165) is 10.9 Å². The van der Waals surface area contributed by atoms with E-state index in [9.17, 15) is 18.0 Å². The molecule has 0 aliphatic carbocycles. The van der Waals surface area contributed by atoms with Gasteiger partial charge in [-0.05, 0) is 31.1 Å². The van der Waals surface area contributed by atoms with Crippen molar-refractivity contribution < 1.29 is 26.9 Å². The minimum absolute atomic E-state index is 0.0612. The molecule has 0 saturated heterocycles. The van der Waals surface area contributed by atoms with E-state index in [-0.39, 0.29) is 39.2 Å². The summed E-state index contributed by atoms with van der Waals surface area (Å²) in [6.45, 7) is 11.8. The summed E-state index contributed by atoms with van der Waals surface area (Å²) in [4.78, 5) is 11.9. The fraction of sp³-hybridized carbons (Fsp3) is 0.435. The predicted molar refractivity (Wildman–Crippen MR) is 126 cm³/mol. The zero-order chi connectivity index (χ0) is 25.5. The Balaban J connectivity index is 2.04. The van der Waals surface area contributed by atoms with Crippen molar-refractivity contribution in [3.05, 3.63) is 46.7 Å². The Kier molecular flexibility index (Phi) is 7.17. The highest BCUT2D eigenvalue weighted by Gasteiger charge is 2.42. The summed E-state index contributed by atoms with van der Waals surface area (Å²) < 4.78 is 54.8. The first-order valence-electron chi connectivity index (χ1n) is 10.7. The van der Waals surface area contributed by atoms with Crippen LogP contribution in [0.1, 0.15) is 43.7 Å². The van der Waals surface area contributed by atoms with Crippen molar-refractivity contribution in [2.24, 2.45) is 0 Å². The van der Waals surface area contributed by atoms with Gasteiger partial charge in [0.1, 0.15) is 5.69 Å². The largest absolute Gasteiger partial charge is 0.433 e. The van der Waals surface area contributed by atoms with Crippen molar-refractivity contribution in [2.75, 3.05) is 0 Å². The summed E-state index contributed by atoms with van der Waals surface area (Å²) in [6.07, 6.45) is -3.84. The molecule has 0 N–H and O–H groups in total. The first kappa shape index (κ1) is 26.2. The lowest BCUT2D eigenvalue weighted by molar-refractivity contribution is -0.144. The summed E-state index contributed by atoms with van der Waals surface area (Å²) in [6, 6.07) is 6.55. The van der Waals surface area contributed by atoms with Crippen LogP contribution in [0.5, 0.6) is 0 Å². The maximum Gasteiger partial charge on any atom is 0.433 e. The van der Waals surface area contributed by atoms with Crippen LogP contribution in [-0.2, 0) is 17.1 Å². The van der Waals surface area contributed by atoms with Crippen LogP contribution in [0.4, 0.5) is 13.2 Å². The Labute approximate surface area is 202 Å². The number of carbonyl (C=O) groups excluding carboxylic acids is 1. The predicted octanol–water partition coefficient (Wildman–Crippen LogP) is 7.10. The summed E-state index contributed by atoms with van der Waals surface area (Å²) in [5, 5.41) is 8.00. The van der Waals surface area contributed by atoms with Gasteiger partial charge in [0.25, 0.3) is 0 Å². The third-order valence-electron chi connectivity index (χ3n) is 6.06. The van der Waals surface area contributed by atoms with E-state index in [0.29, 0.717) is 11.8 Å². The quantitative estimate of drug-likeness (QED) is 0.249. The SMILES string of the molecule is C[C@@H](Cn1ncc(-c2onc(-c3ccccc3Cl)c2C=O)c1C(F)(F)F)O[Si](C)(C)C(C)(C)C. The molecule has 0 aliphatic heterocycles. The Morgan fingerprint density at radius 2 is 1.85 bits per heavy atom. The highest BCUT2D eigenvalue weighted by atomic mass is 35.5. The summed E-state index contributed by atoms with van der Waals surface area (Å²) in [5.74, 6) is -0.318. The van der Waals surface area contributed by atoms with Gasteiger partial charge in [-0.1, -0.05) is 55.7 Å². The number of aldehydes is 1. The van der Waals surface area contributed by atoms with E-state index in [1.807, 2.05) is 13.1 Å². The molecule has 0 amide bonds. The lowest BCUT2D eigenvalue weighted by Gasteiger charge is -2.38. The van der Waals surface area contributed by atoms with Crippen molar-refractivity contribution in [1.29, 1.82) is 0 Å². The van der Waals surface area contributed by atoms with Gasteiger partial charge in [-0.3, -0.25) is 9.48 Å². The van der Waals surface area contributed by atoms with Crippen LogP contribution in [0.2, 0.25) is 23.2 Å². The van der Waals surface area contributed by atoms with Gasteiger partial charge >= 0.3 is 6.18 Å². The maximum atomic E-state index is 14.2. The van der Waals surface area contributed by atoms with E-state index in [2.05, 4.69) is 31.0 Å². The fourth-order valence-electron chi connectivity index (χ4n) is 3.40. The van der Waals surface area contributed by atoms with E-state index in [4.69, 9.17) is 20.6 Å². The number of hydrogen-bond acceptors (Lipinski definition) is 5. The molecule has 0 bridgehead atoms. The normalized spacial score (nSPS) is 13.8. The monoisotopic (exact) mass is 513 g/mol. The van der Waals surface area contributed by atoms with Crippen LogP contribution in [0.15, 0.2) is 35.0 Å². The van der Waals surface area contributed by atoms with Gasteiger partial charge < -0.3 is 8.95 Å². The molecule has 3 aromatic rings. The van der Waals surface area contributed by atoms with Crippen molar-refractivity contribution in [3.8, 4) is 22.6 Å². The van der Waals surface area contributed by atoms with Crippen LogP contribution in [0.25, 0.3) is 22.6 Å². The van der Waals surface area contributed by atoms with Crippen LogP contribution in [0.3, 0.4) is 0 Å².